The second kappa shape index (κ2) is 12.5. The van der Waals surface area contributed by atoms with E-state index in [0.29, 0.717) is 12.4 Å². The van der Waals surface area contributed by atoms with Gasteiger partial charge in [0.15, 0.2) is 5.96 Å². The summed E-state index contributed by atoms with van der Waals surface area (Å²) in [5.41, 5.74) is 2.45. The highest BCUT2D eigenvalue weighted by Gasteiger charge is 2.01. The fourth-order valence-electron chi connectivity index (χ4n) is 2.38. The minimum Gasteiger partial charge on any atom is -0.475 e. The van der Waals surface area contributed by atoms with E-state index in [0.717, 1.165) is 30.9 Å². The van der Waals surface area contributed by atoms with Crippen LogP contribution in [0.2, 0.25) is 0 Å². The van der Waals surface area contributed by atoms with Gasteiger partial charge in [0, 0.05) is 32.4 Å². The summed E-state index contributed by atoms with van der Waals surface area (Å²) < 4.78 is 5.55. The van der Waals surface area contributed by atoms with E-state index in [1.807, 2.05) is 38.2 Å². The smallest absolute Gasteiger partial charge is 0.213 e. The summed E-state index contributed by atoms with van der Waals surface area (Å²) in [6.45, 7) is 5.54. The highest BCUT2D eigenvalue weighted by atomic mass is 127. The van der Waals surface area contributed by atoms with E-state index in [-0.39, 0.29) is 30.1 Å². The van der Waals surface area contributed by atoms with Gasteiger partial charge in [0.2, 0.25) is 5.88 Å². The maximum atomic E-state index is 5.55. The molecule has 6 heteroatoms. The molecule has 5 nitrogen and oxygen atoms in total. The average Bonchev–Trinajstić information content (AvgIpc) is 2.63. The van der Waals surface area contributed by atoms with Crippen molar-refractivity contribution in [2.75, 3.05) is 13.6 Å². The van der Waals surface area contributed by atoms with Crippen molar-refractivity contribution >= 4 is 29.9 Å². The standard InChI is InChI=1S/C20H28N4O.HI/c1-16(2)25-19-12-11-18(14-23-19)15-24-20(21-3)22-13-7-10-17-8-5-4-6-9-17;/h4-6,8-9,11-12,14,16H,7,10,13,15H2,1-3H3,(H2,21,22,24);1H. The summed E-state index contributed by atoms with van der Waals surface area (Å²) in [6, 6.07) is 14.4. The summed E-state index contributed by atoms with van der Waals surface area (Å²) in [5, 5.41) is 6.64. The van der Waals surface area contributed by atoms with Gasteiger partial charge in [-0.25, -0.2) is 4.98 Å². The Morgan fingerprint density at radius 3 is 2.46 bits per heavy atom. The average molecular weight is 468 g/mol. The molecule has 0 spiro atoms. The molecule has 0 unspecified atom stereocenters. The number of aliphatic imine (C=N–C) groups is 1. The van der Waals surface area contributed by atoms with Crippen molar-refractivity contribution in [2.24, 2.45) is 4.99 Å². The van der Waals surface area contributed by atoms with Gasteiger partial charge in [-0.1, -0.05) is 36.4 Å². The maximum absolute atomic E-state index is 5.55. The first-order valence-corrected chi connectivity index (χ1v) is 8.77. The molecule has 0 radical (unpaired) electrons. The van der Waals surface area contributed by atoms with Crippen molar-refractivity contribution in [3.05, 3.63) is 59.8 Å². The lowest BCUT2D eigenvalue weighted by atomic mass is 10.1. The zero-order valence-electron chi connectivity index (χ0n) is 15.7. The van der Waals surface area contributed by atoms with Gasteiger partial charge >= 0.3 is 0 Å². The molecule has 0 amide bonds. The zero-order chi connectivity index (χ0) is 17.9. The molecule has 1 aromatic carbocycles. The van der Waals surface area contributed by atoms with E-state index in [9.17, 15) is 0 Å². The molecule has 26 heavy (non-hydrogen) atoms. The number of aryl methyl sites for hydroxylation is 1. The van der Waals surface area contributed by atoms with Crippen LogP contribution in [0.4, 0.5) is 0 Å². The van der Waals surface area contributed by atoms with Gasteiger partial charge < -0.3 is 15.4 Å². The second-order valence-electron chi connectivity index (χ2n) is 6.11. The van der Waals surface area contributed by atoms with Crippen molar-refractivity contribution in [3.8, 4) is 5.88 Å². The molecule has 0 fully saturated rings. The molecule has 1 aromatic heterocycles. The van der Waals surface area contributed by atoms with Gasteiger partial charge in [-0.05, 0) is 37.8 Å². The minimum atomic E-state index is 0. The summed E-state index contributed by atoms with van der Waals surface area (Å²) >= 11 is 0. The van der Waals surface area contributed by atoms with Crippen LogP contribution in [0.15, 0.2) is 53.7 Å². The first kappa shape index (κ1) is 22.2. The van der Waals surface area contributed by atoms with Crippen LogP contribution in [-0.2, 0) is 13.0 Å². The van der Waals surface area contributed by atoms with Crippen LogP contribution in [0.3, 0.4) is 0 Å². The molecule has 0 aliphatic carbocycles. The van der Waals surface area contributed by atoms with Crippen LogP contribution in [0.5, 0.6) is 5.88 Å². The Kier molecular flexibility index (Phi) is 10.7. The third-order valence-corrected chi connectivity index (χ3v) is 3.62. The molecule has 0 atom stereocenters. The largest absolute Gasteiger partial charge is 0.475 e. The summed E-state index contributed by atoms with van der Waals surface area (Å²) in [4.78, 5) is 8.56. The van der Waals surface area contributed by atoms with Gasteiger partial charge in [-0.2, -0.15) is 0 Å². The van der Waals surface area contributed by atoms with Crippen molar-refractivity contribution in [2.45, 2.75) is 39.3 Å². The lowest BCUT2D eigenvalue weighted by Crippen LogP contribution is -2.37. The van der Waals surface area contributed by atoms with E-state index in [2.05, 4.69) is 44.9 Å². The Balaban J connectivity index is 0.00000338. The van der Waals surface area contributed by atoms with Crippen LogP contribution in [-0.4, -0.2) is 30.6 Å². The second-order valence-corrected chi connectivity index (χ2v) is 6.11. The van der Waals surface area contributed by atoms with Crippen LogP contribution < -0.4 is 15.4 Å². The molecule has 2 rings (SSSR count). The van der Waals surface area contributed by atoms with Crippen LogP contribution >= 0.6 is 24.0 Å². The van der Waals surface area contributed by atoms with Crippen LogP contribution in [0.1, 0.15) is 31.4 Å². The first-order valence-electron chi connectivity index (χ1n) is 8.77. The van der Waals surface area contributed by atoms with Crippen molar-refractivity contribution < 1.29 is 4.74 Å². The highest BCUT2D eigenvalue weighted by Crippen LogP contribution is 2.09. The Morgan fingerprint density at radius 2 is 1.85 bits per heavy atom. The lowest BCUT2D eigenvalue weighted by molar-refractivity contribution is 0.232. The summed E-state index contributed by atoms with van der Waals surface area (Å²) in [5.74, 6) is 1.46. The number of guanidine groups is 1. The number of hydrogen-bond acceptors (Lipinski definition) is 3. The SMILES string of the molecule is CN=C(NCCCc1ccccc1)NCc1ccc(OC(C)C)nc1.I. The Hall–Kier alpha value is -1.83. The molecule has 0 bridgehead atoms. The van der Waals surface area contributed by atoms with E-state index in [1.54, 1.807) is 7.05 Å². The Bertz CT molecular complexity index is 645. The van der Waals surface area contributed by atoms with Gasteiger partial charge in [0.25, 0.3) is 0 Å². The van der Waals surface area contributed by atoms with Crippen molar-refractivity contribution in [1.82, 2.24) is 15.6 Å². The Labute approximate surface area is 173 Å². The molecule has 0 saturated heterocycles. The fraction of sp³-hybridized carbons (Fsp3) is 0.400. The van der Waals surface area contributed by atoms with Gasteiger partial charge in [-0.15, -0.1) is 24.0 Å². The monoisotopic (exact) mass is 468 g/mol. The molecule has 1 heterocycles. The molecule has 0 saturated carbocycles. The number of nitrogens with zero attached hydrogens (tertiary/aromatic N) is 2. The first-order chi connectivity index (χ1) is 12.2. The van der Waals surface area contributed by atoms with Gasteiger partial charge in [-0.3, -0.25) is 4.99 Å². The third-order valence-electron chi connectivity index (χ3n) is 3.62. The van der Waals surface area contributed by atoms with E-state index >= 15 is 0 Å². The minimum absolute atomic E-state index is 0. The predicted molar refractivity (Wildman–Crippen MR) is 118 cm³/mol. The van der Waals surface area contributed by atoms with Crippen LogP contribution in [0, 0.1) is 0 Å². The van der Waals surface area contributed by atoms with Gasteiger partial charge in [0.05, 0.1) is 6.10 Å². The number of halogens is 1. The number of pyridine rings is 1. The molecule has 0 aliphatic rings. The quantitative estimate of drug-likeness (QED) is 0.268. The molecule has 0 aliphatic heterocycles. The predicted octanol–water partition coefficient (Wildman–Crippen LogP) is 3.78. The lowest BCUT2D eigenvalue weighted by Gasteiger charge is -2.12. The van der Waals surface area contributed by atoms with E-state index in [4.69, 9.17) is 4.74 Å². The fourth-order valence-corrected chi connectivity index (χ4v) is 2.38. The number of ether oxygens (including phenoxy) is 1. The number of hydrogen-bond donors (Lipinski definition) is 2. The zero-order valence-corrected chi connectivity index (χ0v) is 18.1. The Morgan fingerprint density at radius 1 is 1.08 bits per heavy atom. The van der Waals surface area contributed by atoms with E-state index < -0.39 is 0 Å². The highest BCUT2D eigenvalue weighted by molar-refractivity contribution is 14.0. The van der Waals surface area contributed by atoms with E-state index in [1.165, 1.54) is 5.56 Å². The van der Waals surface area contributed by atoms with Crippen molar-refractivity contribution in [3.63, 3.8) is 0 Å². The summed E-state index contributed by atoms with van der Waals surface area (Å²) in [7, 11) is 1.78. The number of rotatable bonds is 8. The topological polar surface area (TPSA) is 58.5 Å². The molecule has 2 aromatic rings. The van der Waals surface area contributed by atoms with Gasteiger partial charge in [0.1, 0.15) is 0 Å². The normalized spacial score (nSPS) is 11.0. The molecule has 142 valence electrons. The third kappa shape index (κ3) is 8.51. The molecule has 2 N–H and O–H groups in total. The summed E-state index contributed by atoms with van der Waals surface area (Å²) in [6.07, 6.45) is 4.09. The molecular formula is C20H29IN4O. The number of aromatic nitrogens is 1. The number of benzene rings is 1. The van der Waals surface area contributed by atoms with Crippen LogP contribution in [0.25, 0.3) is 0 Å². The van der Waals surface area contributed by atoms with Crippen molar-refractivity contribution in [1.29, 1.82) is 0 Å². The number of nitrogens with one attached hydrogen (secondary N) is 2. The maximum Gasteiger partial charge on any atom is 0.213 e. The molecular weight excluding hydrogens is 439 g/mol.